The summed E-state index contributed by atoms with van der Waals surface area (Å²) in [4.78, 5) is 18.2. The fraction of sp³-hybridized carbons (Fsp3) is 0.304. The molecule has 0 radical (unpaired) electrons. The maximum atomic E-state index is 9.10. The lowest BCUT2D eigenvalue weighted by Gasteiger charge is -2.26. The number of nitrogens with one attached hydrogen (secondary N) is 1. The molecule has 0 aliphatic heterocycles. The van der Waals surface area contributed by atoms with E-state index >= 15 is 0 Å². The Labute approximate surface area is 171 Å². The van der Waals surface area contributed by atoms with Gasteiger partial charge in [0.25, 0.3) is 0 Å². The summed E-state index contributed by atoms with van der Waals surface area (Å²) in [6.45, 7) is 10.7. The van der Waals surface area contributed by atoms with E-state index in [1.54, 1.807) is 0 Å². The highest BCUT2D eigenvalue weighted by molar-refractivity contribution is 6.27. The molecular formula is C23H29NO5. The van der Waals surface area contributed by atoms with Gasteiger partial charge < -0.3 is 20.3 Å². The second kappa shape index (κ2) is 12.4. The van der Waals surface area contributed by atoms with Gasteiger partial charge in [-0.05, 0) is 36.2 Å². The molecule has 0 spiro atoms. The molecule has 0 fully saturated rings. The first-order valence-corrected chi connectivity index (χ1v) is 9.35. The van der Waals surface area contributed by atoms with Crippen molar-refractivity contribution in [2.24, 2.45) is 0 Å². The van der Waals surface area contributed by atoms with E-state index in [1.165, 1.54) is 11.1 Å². The molecule has 2 aromatic rings. The van der Waals surface area contributed by atoms with Crippen molar-refractivity contribution in [1.82, 2.24) is 5.32 Å². The lowest BCUT2D eigenvalue weighted by atomic mass is 9.78. The summed E-state index contributed by atoms with van der Waals surface area (Å²) >= 11 is 0. The van der Waals surface area contributed by atoms with Crippen LogP contribution in [0.4, 0.5) is 0 Å². The lowest BCUT2D eigenvalue weighted by Crippen LogP contribution is -2.18. The van der Waals surface area contributed by atoms with Crippen molar-refractivity contribution >= 4 is 11.9 Å². The zero-order valence-electron chi connectivity index (χ0n) is 16.9. The van der Waals surface area contributed by atoms with Crippen molar-refractivity contribution in [2.75, 3.05) is 19.7 Å². The van der Waals surface area contributed by atoms with E-state index < -0.39 is 11.9 Å². The Balaban J connectivity index is 0.000000612. The number of hydrogen-bond donors (Lipinski definition) is 3. The van der Waals surface area contributed by atoms with E-state index in [0.717, 1.165) is 31.9 Å². The monoisotopic (exact) mass is 399 g/mol. The standard InChI is InChI=1S/C21H27NO.C2H2O4/c1-4-15-22-16-8-17-23-20-13-11-19(12-14-20)21(2,3)18-9-6-5-7-10-18;3-1(4)2(5)6/h4-7,9-14,22H,1,8,15-17H2,2-3H3;(H,3,4)(H,5,6). The van der Waals surface area contributed by atoms with Gasteiger partial charge in [0, 0.05) is 12.0 Å². The van der Waals surface area contributed by atoms with Crippen molar-refractivity contribution in [2.45, 2.75) is 25.7 Å². The molecular weight excluding hydrogens is 370 g/mol. The highest BCUT2D eigenvalue weighted by Crippen LogP contribution is 2.32. The highest BCUT2D eigenvalue weighted by Gasteiger charge is 2.22. The molecule has 6 heteroatoms. The van der Waals surface area contributed by atoms with Gasteiger partial charge in [-0.2, -0.15) is 0 Å². The Kier molecular flexibility index (Phi) is 10.2. The average Bonchev–Trinajstić information content (AvgIpc) is 2.72. The molecule has 2 rings (SSSR count). The van der Waals surface area contributed by atoms with Gasteiger partial charge in [0.15, 0.2) is 0 Å². The van der Waals surface area contributed by atoms with Crippen LogP contribution in [0.5, 0.6) is 5.75 Å². The minimum atomic E-state index is -1.82. The second-order valence-electron chi connectivity index (χ2n) is 6.82. The minimum absolute atomic E-state index is 0.00556. The van der Waals surface area contributed by atoms with Crippen LogP contribution in [0.3, 0.4) is 0 Å². The molecule has 0 saturated carbocycles. The first kappa shape index (κ1) is 23.9. The molecule has 0 heterocycles. The number of benzene rings is 2. The van der Waals surface area contributed by atoms with Crippen molar-refractivity contribution in [3.63, 3.8) is 0 Å². The first-order valence-electron chi connectivity index (χ1n) is 9.35. The van der Waals surface area contributed by atoms with Gasteiger partial charge in [0.1, 0.15) is 5.75 Å². The van der Waals surface area contributed by atoms with Crippen LogP contribution in [0.1, 0.15) is 31.4 Å². The highest BCUT2D eigenvalue weighted by atomic mass is 16.5. The molecule has 0 aliphatic carbocycles. The molecule has 6 nitrogen and oxygen atoms in total. The Hall–Kier alpha value is -3.12. The average molecular weight is 399 g/mol. The fourth-order valence-corrected chi connectivity index (χ4v) is 2.58. The SMILES string of the molecule is C=CCNCCCOc1ccc(C(C)(C)c2ccccc2)cc1.O=C(O)C(=O)O. The lowest BCUT2D eigenvalue weighted by molar-refractivity contribution is -0.159. The summed E-state index contributed by atoms with van der Waals surface area (Å²) in [6.07, 6.45) is 2.86. The molecule has 0 bridgehead atoms. The van der Waals surface area contributed by atoms with E-state index in [4.69, 9.17) is 24.5 Å². The number of rotatable bonds is 9. The van der Waals surface area contributed by atoms with E-state index in [1.807, 2.05) is 6.08 Å². The third kappa shape index (κ3) is 8.62. The topological polar surface area (TPSA) is 95.9 Å². The van der Waals surface area contributed by atoms with Crippen LogP contribution in [-0.4, -0.2) is 41.8 Å². The number of carboxylic acids is 2. The molecule has 2 aromatic carbocycles. The van der Waals surface area contributed by atoms with E-state index in [2.05, 4.69) is 80.3 Å². The molecule has 156 valence electrons. The number of ether oxygens (including phenoxy) is 1. The van der Waals surface area contributed by atoms with Crippen LogP contribution < -0.4 is 10.1 Å². The van der Waals surface area contributed by atoms with E-state index in [9.17, 15) is 0 Å². The van der Waals surface area contributed by atoms with Crippen molar-refractivity contribution in [3.8, 4) is 5.75 Å². The minimum Gasteiger partial charge on any atom is -0.494 e. The van der Waals surface area contributed by atoms with Crippen molar-refractivity contribution < 1.29 is 24.5 Å². The number of carboxylic acid groups (broad SMARTS) is 2. The van der Waals surface area contributed by atoms with Gasteiger partial charge in [0.05, 0.1) is 6.61 Å². The van der Waals surface area contributed by atoms with Crippen LogP contribution in [0.25, 0.3) is 0 Å². The smallest absolute Gasteiger partial charge is 0.414 e. The normalized spacial score (nSPS) is 10.4. The van der Waals surface area contributed by atoms with Crippen molar-refractivity contribution in [3.05, 3.63) is 78.4 Å². The maximum absolute atomic E-state index is 9.10. The molecule has 0 unspecified atom stereocenters. The predicted octanol–water partition coefficient (Wildman–Crippen LogP) is 3.71. The Bertz CT molecular complexity index is 758. The largest absolute Gasteiger partial charge is 0.494 e. The van der Waals surface area contributed by atoms with Crippen LogP contribution in [0.2, 0.25) is 0 Å². The van der Waals surface area contributed by atoms with Gasteiger partial charge in [-0.1, -0.05) is 62.4 Å². The molecule has 0 saturated heterocycles. The predicted molar refractivity (Wildman–Crippen MR) is 113 cm³/mol. The van der Waals surface area contributed by atoms with Crippen molar-refractivity contribution in [1.29, 1.82) is 0 Å². The molecule has 0 amide bonds. The number of hydrogen-bond acceptors (Lipinski definition) is 4. The van der Waals surface area contributed by atoms with E-state index in [0.29, 0.717) is 0 Å². The van der Waals surface area contributed by atoms with Crippen LogP contribution >= 0.6 is 0 Å². The fourth-order valence-electron chi connectivity index (χ4n) is 2.58. The van der Waals surface area contributed by atoms with Gasteiger partial charge in [-0.3, -0.25) is 0 Å². The molecule has 3 N–H and O–H groups in total. The summed E-state index contributed by atoms with van der Waals surface area (Å²) in [7, 11) is 0. The van der Waals surface area contributed by atoms with Gasteiger partial charge >= 0.3 is 11.9 Å². The third-order valence-electron chi connectivity index (χ3n) is 4.31. The summed E-state index contributed by atoms with van der Waals surface area (Å²) < 4.78 is 5.79. The van der Waals surface area contributed by atoms with Crippen LogP contribution in [-0.2, 0) is 15.0 Å². The summed E-state index contributed by atoms with van der Waals surface area (Å²) in [5, 5.41) is 18.1. The van der Waals surface area contributed by atoms with Crippen LogP contribution in [0.15, 0.2) is 67.3 Å². The zero-order valence-corrected chi connectivity index (χ0v) is 16.9. The summed E-state index contributed by atoms with van der Waals surface area (Å²) in [5.41, 5.74) is 2.61. The number of aliphatic carboxylic acids is 2. The Morgan fingerprint density at radius 2 is 1.55 bits per heavy atom. The Morgan fingerprint density at radius 1 is 1.00 bits per heavy atom. The molecule has 0 atom stereocenters. The zero-order chi connectivity index (χ0) is 21.7. The molecule has 0 aromatic heterocycles. The van der Waals surface area contributed by atoms with Gasteiger partial charge in [-0.25, -0.2) is 9.59 Å². The quantitative estimate of drug-likeness (QED) is 0.338. The van der Waals surface area contributed by atoms with Gasteiger partial charge in [-0.15, -0.1) is 6.58 Å². The van der Waals surface area contributed by atoms with Gasteiger partial charge in [0.2, 0.25) is 0 Å². The molecule has 29 heavy (non-hydrogen) atoms. The summed E-state index contributed by atoms with van der Waals surface area (Å²) in [6, 6.07) is 19.1. The van der Waals surface area contributed by atoms with Crippen LogP contribution in [0, 0.1) is 0 Å². The maximum Gasteiger partial charge on any atom is 0.414 e. The summed E-state index contributed by atoms with van der Waals surface area (Å²) in [5.74, 6) is -2.72. The van der Waals surface area contributed by atoms with E-state index in [-0.39, 0.29) is 5.41 Å². The first-order chi connectivity index (χ1) is 13.8. The number of carbonyl (C=O) groups is 2. The molecule has 0 aliphatic rings. The second-order valence-corrected chi connectivity index (χ2v) is 6.82. The Morgan fingerprint density at radius 3 is 2.07 bits per heavy atom. The third-order valence-corrected chi connectivity index (χ3v) is 4.31.